The molecule has 0 atom stereocenters. The lowest BCUT2D eigenvalue weighted by Gasteiger charge is -2.12. The van der Waals surface area contributed by atoms with Crippen molar-refractivity contribution >= 4 is 23.7 Å². The van der Waals surface area contributed by atoms with Crippen LogP contribution in [0.2, 0.25) is 0 Å². The Kier molecular flexibility index (Phi) is 9.37. The van der Waals surface area contributed by atoms with Gasteiger partial charge in [-0.15, -0.1) is 0 Å². The molecule has 25 heavy (non-hydrogen) atoms. The number of hydrogen-bond acceptors (Lipinski definition) is 5. The Morgan fingerprint density at radius 2 is 1.40 bits per heavy atom. The molecule has 1 aromatic carbocycles. The fourth-order valence-corrected chi connectivity index (χ4v) is 2.01. The molecule has 0 aliphatic carbocycles. The number of rotatable bonds is 10. The largest absolute Gasteiger partial charge is 0.462 e. The van der Waals surface area contributed by atoms with Gasteiger partial charge in [0, 0.05) is 19.8 Å². The number of esters is 2. The summed E-state index contributed by atoms with van der Waals surface area (Å²) in [6, 6.07) is 7.56. The molecule has 0 N–H and O–H groups in total. The number of carbonyl (C=O) groups is 2. The average molecular weight is 347 g/mol. The first-order valence-corrected chi connectivity index (χ1v) is 8.82. The van der Waals surface area contributed by atoms with E-state index in [2.05, 4.69) is 0 Å². The van der Waals surface area contributed by atoms with Crippen LogP contribution in [0, 0.1) is 0 Å². The molecule has 0 heterocycles. The summed E-state index contributed by atoms with van der Waals surface area (Å²) in [6.07, 6.45) is 4.89. The Balaban J connectivity index is 2.94. The van der Waals surface area contributed by atoms with Crippen molar-refractivity contribution in [3.63, 3.8) is 0 Å². The molecule has 5 heteroatoms. The number of hydrogen-bond donors (Lipinski definition) is 0. The van der Waals surface area contributed by atoms with Crippen LogP contribution in [0.15, 0.2) is 29.8 Å². The van der Waals surface area contributed by atoms with E-state index in [1.54, 1.807) is 0 Å². The SMILES string of the molecule is CCCCOC(=O)C(=Cc1ccc(N(C)C)cc1)C(=O)OCCCC. The van der Waals surface area contributed by atoms with E-state index < -0.39 is 11.9 Å². The fraction of sp³-hybridized carbons (Fsp3) is 0.500. The van der Waals surface area contributed by atoms with Gasteiger partial charge in [0.1, 0.15) is 5.57 Å². The predicted molar refractivity (Wildman–Crippen MR) is 100 cm³/mol. The molecule has 5 nitrogen and oxygen atoms in total. The lowest BCUT2D eigenvalue weighted by atomic mass is 10.1. The molecule has 0 bridgehead atoms. The monoisotopic (exact) mass is 347 g/mol. The maximum atomic E-state index is 12.3. The third kappa shape index (κ3) is 7.42. The molecular weight excluding hydrogens is 318 g/mol. The Morgan fingerprint density at radius 1 is 0.920 bits per heavy atom. The maximum Gasteiger partial charge on any atom is 0.345 e. The third-order valence-electron chi connectivity index (χ3n) is 3.62. The highest BCUT2D eigenvalue weighted by atomic mass is 16.6. The Morgan fingerprint density at radius 3 is 1.80 bits per heavy atom. The minimum atomic E-state index is -0.633. The molecule has 0 saturated heterocycles. The predicted octanol–water partition coefficient (Wildman–Crippen LogP) is 3.82. The summed E-state index contributed by atoms with van der Waals surface area (Å²) >= 11 is 0. The van der Waals surface area contributed by atoms with Crippen LogP contribution in [0.25, 0.3) is 6.08 Å². The molecule has 0 amide bonds. The molecule has 1 rings (SSSR count). The number of ether oxygens (including phenoxy) is 2. The summed E-state index contributed by atoms with van der Waals surface area (Å²) in [5.41, 5.74) is 1.72. The van der Waals surface area contributed by atoms with E-state index in [1.807, 2.05) is 57.1 Å². The van der Waals surface area contributed by atoms with E-state index in [4.69, 9.17) is 9.47 Å². The van der Waals surface area contributed by atoms with E-state index in [-0.39, 0.29) is 5.57 Å². The number of carbonyl (C=O) groups excluding carboxylic acids is 2. The van der Waals surface area contributed by atoms with Crippen molar-refractivity contribution in [2.75, 3.05) is 32.2 Å². The van der Waals surface area contributed by atoms with Crippen LogP contribution in [-0.2, 0) is 19.1 Å². The van der Waals surface area contributed by atoms with Crippen molar-refractivity contribution in [2.24, 2.45) is 0 Å². The van der Waals surface area contributed by atoms with Gasteiger partial charge in [-0.3, -0.25) is 0 Å². The van der Waals surface area contributed by atoms with Gasteiger partial charge in [-0.2, -0.15) is 0 Å². The third-order valence-corrected chi connectivity index (χ3v) is 3.62. The van der Waals surface area contributed by atoms with Crippen LogP contribution in [0.3, 0.4) is 0 Å². The van der Waals surface area contributed by atoms with Crippen LogP contribution >= 0.6 is 0 Å². The van der Waals surface area contributed by atoms with Gasteiger partial charge in [0.25, 0.3) is 0 Å². The second-order valence-electron chi connectivity index (χ2n) is 6.02. The van der Waals surface area contributed by atoms with Gasteiger partial charge in [0.15, 0.2) is 0 Å². The second kappa shape index (κ2) is 11.3. The van der Waals surface area contributed by atoms with Crippen LogP contribution < -0.4 is 4.90 Å². The van der Waals surface area contributed by atoms with Crippen molar-refractivity contribution in [3.05, 3.63) is 35.4 Å². The zero-order valence-electron chi connectivity index (χ0n) is 15.7. The second-order valence-corrected chi connectivity index (χ2v) is 6.02. The van der Waals surface area contributed by atoms with Crippen molar-refractivity contribution < 1.29 is 19.1 Å². The van der Waals surface area contributed by atoms with Gasteiger partial charge in [-0.1, -0.05) is 38.8 Å². The van der Waals surface area contributed by atoms with Crippen LogP contribution in [0.1, 0.15) is 45.1 Å². The topological polar surface area (TPSA) is 55.8 Å². The number of unbranched alkanes of at least 4 members (excludes halogenated alkanes) is 2. The van der Waals surface area contributed by atoms with Gasteiger partial charge in [-0.25, -0.2) is 9.59 Å². The highest BCUT2D eigenvalue weighted by molar-refractivity contribution is 6.17. The van der Waals surface area contributed by atoms with E-state index in [0.29, 0.717) is 13.2 Å². The standard InChI is InChI=1S/C20H29NO4/c1-5-7-13-24-19(22)18(20(23)25-14-8-6-2)15-16-9-11-17(12-10-16)21(3)4/h9-12,15H,5-8,13-14H2,1-4H3. The highest BCUT2D eigenvalue weighted by Gasteiger charge is 2.21. The number of anilines is 1. The minimum Gasteiger partial charge on any atom is -0.462 e. The summed E-state index contributed by atoms with van der Waals surface area (Å²) in [7, 11) is 3.90. The Bertz CT molecular complexity index is 552. The summed E-state index contributed by atoms with van der Waals surface area (Å²) in [5, 5.41) is 0. The van der Waals surface area contributed by atoms with Crippen molar-refractivity contribution in [1.82, 2.24) is 0 Å². The summed E-state index contributed by atoms with van der Waals surface area (Å²) in [5.74, 6) is -1.27. The fourth-order valence-electron chi connectivity index (χ4n) is 2.01. The van der Waals surface area contributed by atoms with E-state index in [0.717, 1.165) is 36.9 Å². The quantitative estimate of drug-likeness (QED) is 0.212. The summed E-state index contributed by atoms with van der Waals surface area (Å²) < 4.78 is 10.4. The lowest BCUT2D eigenvalue weighted by Crippen LogP contribution is -2.19. The van der Waals surface area contributed by atoms with Gasteiger partial charge >= 0.3 is 11.9 Å². The van der Waals surface area contributed by atoms with Crippen molar-refractivity contribution in [3.8, 4) is 0 Å². The first-order valence-electron chi connectivity index (χ1n) is 8.82. The summed E-state index contributed by atoms with van der Waals surface area (Å²) in [6.45, 7) is 4.62. The molecule has 138 valence electrons. The van der Waals surface area contributed by atoms with Gasteiger partial charge in [-0.05, 0) is 36.6 Å². The normalized spacial score (nSPS) is 10.1. The first-order chi connectivity index (χ1) is 12.0. The zero-order chi connectivity index (χ0) is 18.7. The smallest absolute Gasteiger partial charge is 0.345 e. The van der Waals surface area contributed by atoms with Crippen LogP contribution in [-0.4, -0.2) is 39.2 Å². The molecule has 0 aromatic heterocycles. The highest BCUT2D eigenvalue weighted by Crippen LogP contribution is 2.16. The molecule has 0 spiro atoms. The van der Waals surface area contributed by atoms with Gasteiger partial charge in [0.05, 0.1) is 13.2 Å². The molecule has 0 radical (unpaired) electrons. The molecule has 0 fully saturated rings. The molecule has 0 aliphatic rings. The average Bonchev–Trinajstić information content (AvgIpc) is 2.60. The Labute approximate surface area is 150 Å². The molecule has 1 aromatic rings. The number of nitrogens with zero attached hydrogens (tertiary/aromatic N) is 1. The lowest BCUT2D eigenvalue weighted by molar-refractivity contribution is -0.147. The molecule has 0 unspecified atom stereocenters. The van der Waals surface area contributed by atoms with Crippen molar-refractivity contribution in [1.29, 1.82) is 0 Å². The van der Waals surface area contributed by atoms with E-state index in [1.165, 1.54) is 6.08 Å². The van der Waals surface area contributed by atoms with Crippen molar-refractivity contribution in [2.45, 2.75) is 39.5 Å². The van der Waals surface area contributed by atoms with E-state index >= 15 is 0 Å². The number of benzene rings is 1. The summed E-state index contributed by atoms with van der Waals surface area (Å²) in [4.78, 5) is 26.5. The Hall–Kier alpha value is -2.30. The maximum absolute atomic E-state index is 12.3. The van der Waals surface area contributed by atoms with E-state index in [9.17, 15) is 9.59 Å². The molecule has 0 aliphatic heterocycles. The van der Waals surface area contributed by atoms with Crippen LogP contribution in [0.4, 0.5) is 5.69 Å². The minimum absolute atomic E-state index is 0.0650. The zero-order valence-corrected chi connectivity index (χ0v) is 15.7. The van der Waals surface area contributed by atoms with Crippen LogP contribution in [0.5, 0.6) is 0 Å². The van der Waals surface area contributed by atoms with Gasteiger partial charge < -0.3 is 14.4 Å². The molecular formula is C20H29NO4. The van der Waals surface area contributed by atoms with Gasteiger partial charge in [0.2, 0.25) is 0 Å². The first kappa shape index (κ1) is 20.7. The molecule has 0 saturated carbocycles.